The van der Waals surface area contributed by atoms with Crippen molar-refractivity contribution in [1.29, 1.82) is 0 Å². The molecule has 1 saturated heterocycles. The highest BCUT2D eigenvalue weighted by atomic mass is 19.1. The monoisotopic (exact) mass is 377 g/mol. The van der Waals surface area contributed by atoms with Crippen LogP contribution in [0, 0.1) is 5.82 Å². The maximum atomic E-state index is 13.4. The molecule has 0 atom stereocenters. The van der Waals surface area contributed by atoms with Gasteiger partial charge >= 0.3 is 0 Å². The summed E-state index contributed by atoms with van der Waals surface area (Å²) in [5.74, 6) is -0.240. The number of carbonyl (C=O) groups excluding carboxylic acids is 1. The van der Waals surface area contributed by atoms with E-state index < -0.39 is 0 Å². The van der Waals surface area contributed by atoms with E-state index in [0.717, 1.165) is 34.7 Å². The molecule has 0 saturated carbocycles. The van der Waals surface area contributed by atoms with Crippen LogP contribution in [0.5, 0.6) is 0 Å². The van der Waals surface area contributed by atoms with Gasteiger partial charge in [0.15, 0.2) is 0 Å². The normalized spacial score (nSPS) is 16.0. The van der Waals surface area contributed by atoms with Crippen molar-refractivity contribution in [2.45, 2.75) is 24.7 Å². The predicted octanol–water partition coefficient (Wildman–Crippen LogP) is 4.39. The highest BCUT2D eigenvalue weighted by Gasteiger charge is 2.34. The van der Waals surface area contributed by atoms with Gasteiger partial charge in [0, 0.05) is 25.2 Å². The molecule has 0 radical (unpaired) electrons. The largest absolute Gasteiger partial charge is 0.381 e. The number of hydrogen-bond acceptors (Lipinski definition) is 2. The lowest BCUT2D eigenvalue weighted by Gasteiger charge is -2.38. The number of rotatable bonds is 5. The first-order chi connectivity index (χ1) is 13.7. The highest BCUT2D eigenvalue weighted by Crippen LogP contribution is 2.34. The van der Waals surface area contributed by atoms with E-state index >= 15 is 0 Å². The Balaban J connectivity index is 1.49. The molecule has 0 spiro atoms. The molecule has 0 bridgehead atoms. The molecule has 1 aliphatic heterocycles. The number of carbonyl (C=O) groups is 1. The number of amides is 1. The van der Waals surface area contributed by atoms with Crippen molar-refractivity contribution in [3.8, 4) is 0 Å². The predicted molar refractivity (Wildman–Crippen MR) is 109 cm³/mol. The van der Waals surface area contributed by atoms with E-state index in [9.17, 15) is 9.18 Å². The van der Waals surface area contributed by atoms with E-state index in [0.29, 0.717) is 26.2 Å². The molecule has 3 aromatic carbocycles. The standard InChI is InChI=1S/C24H24FNO2/c25-21-10-8-20(9-11-21)24(12-14-28-15-13-24)17-26-23(27)16-19-6-3-5-18-4-1-2-7-22(18)19/h1-11H,12-17H2,(H,26,27). The minimum atomic E-state index is -0.244. The van der Waals surface area contributed by atoms with Gasteiger partial charge in [-0.05, 0) is 46.9 Å². The Morgan fingerprint density at radius 3 is 2.46 bits per heavy atom. The number of benzene rings is 3. The summed E-state index contributed by atoms with van der Waals surface area (Å²) >= 11 is 0. The van der Waals surface area contributed by atoms with Gasteiger partial charge < -0.3 is 10.1 Å². The van der Waals surface area contributed by atoms with Crippen molar-refractivity contribution in [2.75, 3.05) is 19.8 Å². The zero-order valence-electron chi connectivity index (χ0n) is 15.8. The average Bonchev–Trinajstić information content (AvgIpc) is 2.74. The molecule has 144 valence electrons. The maximum absolute atomic E-state index is 13.4. The molecule has 1 N–H and O–H groups in total. The van der Waals surface area contributed by atoms with Crippen LogP contribution in [-0.4, -0.2) is 25.7 Å². The van der Waals surface area contributed by atoms with Gasteiger partial charge in [-0.1, -0.05) is 54.6 Å². The Labute approximate surface area is 164 Å². The Hall–Kier alpha value is -2.72. The lowest BCUT2D eigenvalue weighted by atomic mass is 9.74. The topological polar surface area (TPSA) is 38.3 Å². The van der Waals surface area contributed by atoms with Crippen LogP contribution in [0.3, 0.4) is 0 Å². The SMILES string of the molecule is O=C(Cc1cccc2ccccc12)NCC1(c2ccc(F)cc2)CCOCC1. The van der Waals surface area contributed by atoms with Crippen LogP contribution >= 0.6 is 0 Å². The number of ether oxygens (including phenoxy) is 1. The molecule has 28 heavy (non-hydrogen) atoms. The molecule has 3 aromatic rings. The van der Waals surface area contributed by atoms with Crippen LogP contribution < -0.4 is 5.32 Å². The van der Waals surface area contributed by atoms with Gasteiger partial charge in [0.25, 0.3) is 0 Å². The number of fused-ring (bicyclic) bond motifs is 1. The quantitative estimate of drug-likeness (QED) is 0.716. The zero-order valence-corrected chi connectivity index (χ0v) is 15.8. The molecule has 3 nitrogen and oxygen atoms in total. The first kappa shape index (κ1) is 18.6. The Morgan fingerprint density at radius 1 is 0.964 bits per heavy atom. The van der Waals surface area contributed by atoms with Crippen molar-refractivity contribution in [2.24, 2.45) is 0 Å². The lowest BCUT2D eigenvalue weighted by molar-refractivity contribution is -0.120. The van der Waals surface area contributed by atoms with Crippen molar-refractivity contribution < 1.29 is 13.9 Å². The van der Waals surface area contributed by atoms with E-state index in [1.54, 1.807) is 0 Å². The van der Waals surface area contributed by atoms with Gasteiger partial charge in [0.05, 0.1) is 6.42 Å². The minimum absolute atomic E-state index is 0.00401. The van der Waals surface area contributed by atoms with Crippen molar-refractivity contribution in [3.05, 3.63) is 83.7 Å². The number of hydrogen-bond donors (Lipinski definition) is 1. The van der Waals surface area contributed by atoms with Gasteiger partial charge in [-0.25, -0.2) is 4.39 Å². The zero-order chi connectivity index (χ0) is 19.4. The van der Waals surface area contributed by atoms with Crippen LogP contribution in [0.25, 0.3) is 10.8 Å². The molecular weight excluding hydrogens is 353 g/mol. The Morgan fingerprint density at radius 2 is 1.68 bits per heavy atom. The van der Waals surface area contributed by atoms with Gasteiger partial charge in [-0.15, -0.1) is 0 Å². The second-order valence-corrected chi connectivity index (χ2v) is 7.49. The van der Waals surface area contributed by atoms with Gasteiger partial charge in [-0.3, -0.25) is 4.79 Å². The first-order valence-electron chi connectivity index (χ1n) is 9.73. The van der Waals surface area contributed by atoms with E-state index in [1.165, 1.54) is 12.1 Å². The summed E-state index contributed by atoms with van der Waals surface area (Å²) in [5, 5.41) is 5.38. The van der Waals surface area contributed by atoms with Crippen molar-refractivity contribution in [1.82, 2.24) is 5.32 Å². The van der Waals surface area contributed by atoms with Crippen LogP contribution in [-0.2, 0) is 21.4 Å². The minimum Gasteiger partial charge on any atom is -0.381 e. The lowest BCUT2D eigenvalue weighted by Crippen LogP contribution is -2.45. The summed E-state index contributed by atoms with van der Waals surface area (Å²) < 4.78 is 18.9. The van der Waals surface area contributed by atoms with Crippen LogP contribution in [0.15, 0.2) is 66.7 Å². The molecule has 4 heteroatoms. The molecule has 0 aromatic heterocycles. The maximum Gasteiger partial charge on any atom is 0.224 e. The smallest absolute Gasteiger partial charge is 0.224 e. The summed E-state index contributed by atoms with van der Waals surface area (Å²) in [5.41, 5.74) is 1.88. The fourth-order valence-electron chi connectivity index (χ4n) is 4.08. The molecule has 0 aliphatic carbocycles. The third-order valence-electron chi connectivity index (χ3n) is 5.76. The molecule has 1 fully saturated rings. The van der Waals surface area contributed by atoms with Crippen molar-refractivity contribution >= 4 is 16.7 Å². The van der Waals surface area contributed by atoms with E-state index in [1.807, 2.05) is 36.4 Å². The van der Waals surface area contributed by atoms with Gasteiger partial charge in [-0.2, -0.15) is 0 Å². The molecule has 1 heterocycles. The highest BCUT2D eigenvalue weighted by molar-refractivity contribution is 5.90. The molecule has 0 unspecified atom stereocenters. The van der Waals surface area contributed by atoms with Crippen LogP contribution in [0.4, 0.5) is 4.39 Å². The summed E-state index contributed by atoms with van der Waals surface area (Å²) in [6.45, 7) is 1.83. The second-order valence-electron chi connectivity index (χ2n) is 7.49. The van der Waals surface area contributed by atoms with Gasteiger partial charge in [0.2, 0.25) is 5.91 Å². The summed E-state index contributed by atoms with van der Waals surface area (Å²) in [7, 11) is 0. The first-order valence-corrected chi connectivity index (χ1v) is 9.73. The Bertz CT molecular complexity index is 957. The average molecular weight is 377 g/mol. The molecular formula is C24H24FNO2. The second kappa shape index (κ2) is 8.11. The molecule has 1 aliphatic rings. The third kappa shape index (κ3) is 3.92. The fraction of sp³-hybridized carbons (Fsp3) is 0.292. The van der Waals surface area contributed by atoms with Crippen LogP contribution in [0.1, 0.15) is 24.0 Å². The molecule has 1 amide bonds. The summed E-state index contributed by atoms with van der Waals surface area (Å²) in [4.78, 5) is 12.7. The van der Waals surface area contributed by atoms with E-state index in [2.05, 4.69) is 23.5 Å². The van der Waals surface area contributed by atoms with Gasteiger partial charge in [0.1, 0.15) is 5.82 Å². The summed E-state index contributed by atoms with van der Waals surface area (Å²) in [6, 6.07) is 20.8. The fourth-order valence-corrected chi connectivity index (χ4v) is 4.08. The summed E-state index contributed by atoms with van der Waals surface area (Å²) in [6.07, 6.45) is 1.97. The van der Waals surface area contributed by atoms with Crippen molar-refractivity contribution in [3.63, 3.8) is 0 Å². The number of halogens is 1. The third-order valence-corrected chi connectivity index (χ3v) is 5.76. The number of nitrogens with one attached hydrogen (secondary N) is 1. The van der Waals surface area contributed by atoms with E-state index in [4.69, 9.17) is 4.74 Å². The molecule has 4 rings (SSSR count). The van der Waals surface area contributed by atoms with Crippen LogP contribution in [0.2, 0.25) is 0 Å². The Kier molecular flexibility index (Phi) is 5.40. The van der Waals surface area contributed by atoms with E-state index in [-0.39, 0.29) is 17.1 Å².